The molecule has 1 fully saturated rings. The number of nitrogens with zero attached hydrogens (tertiary/aromatic N) is 1. The van der Waals surface area contributed by atoms with Crippen LogP contribution in [0.25, 0.3) is 0 Å². The van der Waals surface area contributed by atoms with E-state index < -0.39 is 20.3 Å². The second kappa shape index (κ2) is 7.79. The van der Waals surface area contributed by atoms with Gasteiger partial charge in [0.25, 0.3) is 10.0 Å². The summed E-state index contributed by atoms with van der Waals surface area (Å²) in [5, 5.41) is 4.89. The molecule has 0 aromatic heterocycles. The first-order valence-corrected chi connectivity index (χ1v) is 10.5. The van der Waals surface area contributed by atoms with Crippen LogP contribution < -0.4 is 9.88 Å². The summed E-state index contributed by atoms with van der Waals surface area (Å²) in [7, 11) is -7.16. The summed E-state index contributed by atoms with van der Waals surface area (Å²) < 4.78 is 58.1. The molecule has 0 saturated heterocycles. The quantitative estimate of drug-likeness (QED) is 0.717. The van der Waals surface area contributed by atoms with Gasteiger partial charge in [-0.3, -0.25) is 0 Å². The number of hydroxylamine groups is 1. The molecule has 24 heavy (non-hydrogen) atoms. The Balaban J connectivity index is 2.28. The van der Waals surface area contributed by atoms with Crippen LogP contribution in [0.1, 0.15) is 32.1 Å². The predicted octanol–water partition coefficient (Wildman–Crippen LogP) is 1.40. The standard InChI is InChI=1S/C14H22N2O6S2/c1-21-13-7-9-14(10-8-13)23(17,18)16(22-24(15,19)20)11-12-5-3-2-4-6-12/h7-10,12H,2-6,11H2,1H3,(H2,15,19,20). The van der Waals surface area contributed by atoms with Gasteiger partial charge in [-0.25, -0.2) is 13.6 Å². The molecule has 0 amide bonds. The van der Waals surface area contributed by atoms with E-state index in [0.717, 1.165) is 32.1 Å². The van der Waals surface area contributed by atoms with Crippen LogP contribution in [-0.4, -0.2) is 35.0 Å². The predicted molar refractivity (Wildman–Crippen MR) is 87.7 cm³/mol. The Kier molecular flexibility index (Phi) is 6.21. The van der Waals surface area contributed by atoms with Crippen molar-refractivity contribution in [2.75, 3.05) is 13.7 Å². The van der Waals surface area contributed by atoms with Gasteiger partial charge in [-0.05, 0) is 43.0 Å². The Morgan fingerprint density at radius 3 is 2.17 bits per heavy atom. The van der Waals surface area contributed by atoms with E-state index in [2.05, 4.69) is 4.28 Å². The zero-order valence-electron chi connectivity index (χ0n) is 13.4. The van der Waals surface area contributed by atoms with Crippen molar-refractivity contribution in [2.45, 2.75) is 37.0 Å². The molecule has 0 aliphatic heterocycles. The first kappa shape index (κ1) is 19.1. The van der Waals surface area contributed by atoms with Gasteiger partial charge in [0.05, 0.1) is 12.0 Å². The molecule has 136 valence electrons. The van der Waals surface area contributed by atoms with Crippen LogP contribution in [0.5, 0.6) is 5.75 Å². The molecule has 1 saturated carbocycles. The van der Waals surface area contributed by atoms with E-state index in [0.29, 0.717) is 10.2 Å². The summed E-state index contributed by atoms with van der Waals surface area (Å²) in [6.07, 6.45) is 4.70. The van der Waals surface area contributed by atoms with Crippen molar-refractivity contribution >= 4 is 20.3 Å². The highest BCUT2D eigenvalue weighted by atomic mass is 32.2. The van der Waals surface area contributed by atoms with Crippen LogP contribution in [0.4, 0.5) is 0 Å². The van der Waals surface area contributed by atoms with E-state index in [9.17, 15) is 16.8 Å². The third kappa shape index (κ3) is 5.15. The molecule has 10 heteroatoms. The average molecular weight is 378 g/mol. The Morgan fingerprint density at radius 1 is 1.08 bits per heavy atom. The molecule has 0 bridgehead atoms. The lowest BCUT2D eigenvalue weighted by molar-refractivity contribution is 0.0239. The van der Waals surface area contributed by atoms with Gasteiger partial charge in [0.1, 0.15) is 5.75 Å². The molecular formula is C14H22N2O6S2. The van der Waals surface area contributed by atoms with Crippen molar-refractivity contribution in [2.24, 2.45) is 11.1 Å². The molecule has 0 spiro atoms. The molecule has 0 unspecified atom stereocenters. The van der Waals surface area contributed by atoms with Crippen molar-refractivity contribution in [3.63, 3.8) is 0 Å². The highest BCUT2D eigenvalue weighted by Gasteiger charge is 2.32. The summed E-state index contributed by atoms with van der Waals surface area (Å²) in [4.78, 5) is -0.0947. The van der Waals surface area contributed by atoms with Gasteiger partial charge in [-0.1, -0.05) is 23.7 Å². The number of rotatable bonds is 7. The van der Waals surface area contributed by atoms with E-state index in [1.807, 2.05) is 0 Å². The van der Waals surface area contributed by atoms with E-state index in [1.54, 1.807) is 0 Å². The van der Waals surface area contributed by atoms with Crippen molar-refractivity contribution in [3.8, 4) is 5.75 Å². The number of ether oxygens (including phenoxy) is 1. The molecule has 8 nitrogen and oxygen atoms in total. The van der Waals surface area contributed by atoms with Gasteiger partial charge in [0.15, 0.2) is 0 Å². The third-order valence-corrected chi connectivity index (χ3v) is 6.05. The summed E-state index contributed by atoms with van der Waals surface area (Å²) in [6.45, 7) is -0.0508. The molecule has 0 atom stereocenters. The van der Waals surface area contributed by atoms with Crippen molar-refractivity contribution < 1.29 is 25.9 Å². The zero-order chi connectivity index (χ0) is 17.8. The summed E-state index contributed by atoms with van der Waals surface area (Å²) in [5.74, 6) is 0.522. The number of nitrogens with two attached hydrogens (primary N) is 1. The summed E-state index contributed by atoms with van der Waals surface area (Å²) in [6, 6.07) is 5.61. The van der Waals surface area contributed by atoms with Crippen molar-refractivity contribution in [1.29, 1.82) is 0 Å². The molecule has 0 radical (unpaired) electrons. The van der Waals surface area contributed by atoms with Crippen LogP contribution in [0, 0.1) is 5.92 Å². The van der Waals surface area contributed by atoms with Gasteiger partial charge in [0, 0.05) is 6.54 Å². The van der Waals surface area contributed by atoms with Crippen molar-refractivity contribution in [3.05, 3.63) is 24.3 Å². The molecule has 1 aromatic rings. The van der Waals surface area contributed by atoms with E-state index in [-0.39, 0.29) is 17.4 Å². The van der Waals surface area contributed by atoms with Crippen LogP contribution in [-0.2, 0) is 24.6 Å². The number of sulfonamides is 1. The lowest BCUT2D eigenvalue weighted by atomic mass is 9.89. The monoisotopic (exact) mass is 378 g/mol. The second-order valence-corrected chi connectivity index (χ2v) is 8.70. The number of benzene rings is 1. The van der Waals surface area contributed by atoms with Crippen LogP contribution in [0.15, 0.2) is 29.2 Å². The number of hydrogen-bond donors (Lipinski definition) is 1. The number of methoxy groups -OCH3 is 1. The van der Waals surface area contributed by atoms with Crippen LogP contribution in [0.2, 0.25) is 0 Å². The Labute approximate surface area is 142 Å². The van der Waals surface area contributed by atoms with Gasteiger partial charge in [-0.15, -0.1) is 4.28 Å². The Hall–Kier alpha value is -1.20. The van der Waals surface area contributed by atoms with E-state index in [1.165, 1.54) is 31.4 Å². The molecule has 2 N–H and O–H groups in total. The molecule has 2 rings (SSSR count). The lowest BCUT2D eigenvalue weighted by Gasteiger charge is -2.27. The minimum Gasteiger partial charge on any atom is -0.497 e. The molecule has 1 aliphatic carbocycles. The fourth-order valence-corrected chi connectivity index (χ4v) is 4.72. The van der Waals surface area contributed by atoms with Crippen molar-refractivity contribution in [1.82, 2.24) is 4.47 Å². The number of hydrogen-bond acceptors (Lipinski definition) is 6. The van der Waals surface area contributed by atoms with E-state index in [4.69, 9.17) is 9.88 Å². The minimum absolute atomic E-state index is 0.0357. The summed E-state index contributed by atoms with van der Waals surface area (Å²) in [5.41, 5.74) is 0. The van der Waals surface area contributed by atoms with Gasteiger partial charge >= 0.3 is 10.3 Å². The molecule has 0 heterocycles. The third-order valence-electron chi connectivity index (χ3n) is 3.94. The fourth-order valence-electron chi connectivity index (χ4n) is 2.73. The second-order valence-electron chi connectivity index (χ2n) is 5.74. The Bertz CT molecular complexity index is 740. The molecule has 1 aliphatic rings. The van der Waals surface area contributed by atoms with E-state index >= 15 is 0 Å². The Morgan fingerprint density at radius 2 is 1.67 bits per heavy atom. The molecule has 1 aromatic carbocycles. The first-order chi connectivity index (χ1) is 11.2. The topological polar surface area (TPSA) is 116 Å². The minimum atomic E-state index is -4.46. The largest absolute Gasteiger partial charge is 0.497 e. The van der Waals surface area contributed by atoms with Gasteiger partial charge in [0.2, 0.25) is 0 Å². The SMILES string of the molecule is COc1ccc(S(=O)(=O)N(CC2CCCCC2)OS(N)(=O)=O)cc1. The van der Waals surface area contributed by atoms with Crippen LogP contribution >= 0.6 is 0 Å². The highest BCUT2D eigenvalue weighted by Crippen LogP contribution is 2.27. The maximum Gasteiger partial charge on any atom is 0.350 e. The smallest absolute Gasteiger partial charge is 0.350 e. The van der Waals surface area contributed by atoms with Gasteiger partial charge < -0.3 is 4.74 Å². The maximum atomic E-state index is 12.7. The van der Waals surface area contributed by atoms with Gasteiger partial charge in [-0.2, -0.15) is 8.42 Å². The first-order valence-electron chi connectivity index (χ1n) is 7.61. The average Bonchev–Trinajstić information content (AvgIpc) is 2.54. The highest BCUT2D eigenvalue weighted by molar-refractivity contribution is 7.90. The fraction of sp³-hybridized carbons (Fsp3) is 0.571. The molecular weight excluding hydrogens is 356 g/mol. The zero-order valence-corrected chi connectivity index (χ0v) is 15.1. The lowest BCUT2D eigenvalue weighted by Crippen LogP contribution is -2.39. The summed E-state index contributed by atoms with van der Waals surface area (Å²) >= 11 is 0. The maximum absolute atomic E-state index is 12.7. The van der Waals surface area contributed by atoms with Crippen LogP contribution in [0.3, 0.4) is 0 Å². The normalized spacial score (nSPS) is 17.1.